The molecule has 12 heavy (non-hydrogen) atoms. The third-order valence-electron chi connectivity index (χ3n) is 1.83. The Kier molecular flexibility index (Phi) is 3.40. The van der Waals surface area contributed by atoms with Crippen molar-refractivity contribution < 1.29 is 13.6 Å². The highest BCUT2D eigenvalue weighted by Crippen LogP contribution is 2.01. The van der Waals surface area contributed by atoms with Gasteiger partial charge in [-0.2, -0.15) is 0 Å². The first kappa shape index (κ1) is 9.38. The van der Waals surface area contributed by atoms with Crippen molar-refractivity contribution in [1.82, 2.24) is 10.2 Å². The molecule has 1 atom stereocenters. The number of piperazine rings is 1. The summed E-state index contributed by atoms with van der Waals surface area (Å²) in [5, 5.41) is 3.02. The van der Waals surface area contributed by atoms with Crippen LogP contribution in [0.3, 0.4) is 0 Å². The maximum atomic E-state index is 12.5. The molecule has 1 unspecified atom stereocenters. The van der Waals surface area contributed by atoms with E-state index in [2.05, 4.69) is 5.32 Å². The highest BCUT2D eigenvalue weighted by Gasteiger charge is 2.24. The Balaban J connectivity index is 2.39. The Bertz CT molecular complexity index is 159. The van der Waals surface area contributed by atoms with Crippen molar-refractivity contribution in [3.05, 3.63) is 0 Å². The zero-order valence-electron chi connectivity index (χ0n) is 6.72. The molecule has 1 fully saturated rings. The maximum Gasteiger partial charge on any atom is 0.259 e. The Morgan fingerprint density at radius 1 is 1.50 bits per heavy atom. The van der Waals surface area contributed by atoms with E-state index in [9.17, 15) is 13.6 Å². The Morgan fingerprint density at radius 3 is 2.58 bits per heavy atom. The molecule has 0 saturated carbocycles. The zero-order chi connectivity index (χ0) is 8.97. The Labute approximate surface area is 69.7 Å². The molecular weight excluding hydrogens is 166 g/mol. The molecule has 0 aromatic rings. The Morgan fingerprint density at radius 2 is 2.08 bits per heavy atom. The van der Waals surface area contributed by atoms with Gasteiger partial charge in [0.1, 0.15) is 6.67 Å². The summed E-state index contributed by atoms with van der Waals surface area (Å²) < 4.78 is 24.3. The number of nitrogens with one attached hydrogen (secondary N) is 1. The number of alkyl halides is 2. The topological polar surface area (TPSA) is 32.3 Å². The number of hydrogen-bond acceptors (Lipinski definition) is 2. The number of nitrogens with zero attached hydrogens (tertiary/aromatic N) is 1. The van der Waals surface area contributed by atoms with E-state index >= 15 is 0 Å². The van der Waals surface area contributed by atoms with Crippen LogP contribution in [-0.4, -0.2) is 49.8 Å². The molecule has 0 spiro atoms. The van der Waals surface area contributed by atoms with E-state index in [0.717, 1.165) is 0 Å². The minimum atomic E-state index is -1.97. The summed E-state index contributed by atoms with van der Waals surface area (Å²) in [7, 11) is 0. The van der Waals surface area contributed by atoms with Crippen LogP contribution in [0.2, 0.25) is 0 Å². The van der Waals surface area contributed by atoms with Gasteiger partial charge in [-0.25, -0.2) is 8.78 Å². The van der Waals surface area contributed by atoms with Crippen LogP contribution < -0.4 is 5.32 Å². The quantitative estimate of drug-likeness (QED) is 0.631. The molecule has 5 heteroatoms. The van der Waals surface area contributed by atoms with Crippen molar-refractivity contribution in [2.45, 2.75) is 6.17 Å². The lowest BCUT2D eigenvalue weighted by molar-refractivity contribution is -0.137. The number of carbonyl (C=O) groups is 1. The molecule has 1 heterocycles. The average Bonchev–Trinajstić information content (AvgIpc) is 2.17. The highest BCUT2D eigenvalue weighted by molar-refractivity contribution is 5.81. The van der Waals surface area contributed by atoms with Gasteiger partial charge in [0.2, 0.25) is 6.17 Å². The van der Waals surface area contributed by atoms with Crippen molar-refractivity contribution in [2.24, 2.45) is 0 Å². The van der Waals surface area contributed by atoms with Crippen LogP contribution in [0.4, 0.5) is 8.78 Å². The van der Waals surface area contributed by atoms with Gasteiger partial charge in [-0.15, -0.1) is 0 Å². The van der Waals surface area contributed by atoms with E-state index in [-0.39, 0.29) is 0 Å². The van der Waals surface area contributed by atoms with E-state index in [1.165, 1.54) is 4.90 Å². The van der Waals surface area contributed by atoms with Gasteiger partial charge < -0.3 is 10.2 Å². The molecule has 0 bridgehead atoms. The lowest BCUT2D eigenvalue weighted by Gasteiger charge is -2.27. The van der Waals surface area contributed by atoms with Gasteiger partial charge in [0.05, 0.1) is 0 Å². The van der Waals surface area contributed by atoms with Gasteiger partial charge in [-0.05, 0) is 0 Å². The molecule has 0 aliphatic carbocycles. The fraction of sp³-hybridized carbons (Fsp3) is 0.857. The van der Waals surface area contributed by atoms with Crippen molar-refractivity contribution in [3.63, 3.8) is 0 Å². The van der Waals surface area contributed by atoms with Crippen molar-refractivity contribution in [3.8, 4) is 0 Å². The summed E-state index contributed by atoms with van der Waals surface area (Å²) in [6.45, 7) is 1.04. The summed E-state index contributed by atoms with van der Waals surface area (Å²) >= 11 is 0. The number of halogens is 2. The van der Waals surface area contributed by atoms with Crippen LogP contribution in [0, 0.1) is 0 Å². The second-order valence-corrected chi connectivity index (χ2v) is 2.70. The molecule has 1 aliphatic rings. The summed E-state index contributed by atoms with van der Waals surface area (Å²) in [5.74, 6) is -0.723. The first-order valence-corrected chi connectivity index (χ1v) is 3.95. The van der Waals surface area contributed by atoms with Crippen LogP contribution in [0.15, 0.2) is 0 Å². The molecule has 70 valence electrons. The standard InChI is InChI=1S/C7H12F2N2O/c8-5-6(9)7(12)11-3-1-10-2-4-11/h6,10H,1-5H2. The second-order valence-electron chi connectivity index (χ2n) is 2.70. The van der Waals surface area contributed by atoms with Crippen LogP contribution >= 0.6 is 0 Å². The number of hydrogen-bond donors (Lipinski definition) is 1. The number of carbonyl (C=O) groups excluding carboxylic acids is 1. The van der Waals surface area contributed by atoms with Gasteiger partial charge >= 0.3 is 0 Å². The van der Waals surface area contributed by atoms with Gasteiger partial charge in [0, 0.05) is 26.2 Å². The van der Waals surface area contributed by atoms with Crippen molar-refractivity contribution in [2.75, 3.05) is 32.9 Å². The molecule has 0 aromatic carbocycles. The molecule has 1 amide bonds. The second kappa shape index (κ2) is 4.35. The molecule has 1 aliphatic heterocycles. The number of rotatable bonds is 2. The maximum absolute atomic E-state index is 12.5. The molecule has 0 aromatic heterocycles. The number of amides is 1. The predicted molar refractivity (Wildman–Crippen MR) is 40.3 cm³/mol. The SMILES string of the molecule is O=C(C(F)CF)N1CCNCC1. The van der Waals surface area contributed by atoms with Crippen molar-refractivity contribution in [1.29, 1.82) is 0 Å². The van der Waals surface area contributed by atoms with Gasteiger partial charge in [0.15, 0.2) is 0 Å². The van der Waals surface area contributed by atoms with E-state index < -0.39 is 18.8 Å². The average molecular weight is 178 g/mol. The first-order valence-electron chi connectivity index (χ1n) is 3.95. The van der Waals surface area contributed by atoms with Crippen molar-refractivity contribution >= 4 is 5.91 Å². The van der Waals surface area contributed by atoms with Gasteiger partial charge in [-0.3, -0.25) is 4.79 Å². The lowest BCUT2D eigenvalue weighted by Crippen LogP contribution is -2.49. The largest absolute Gasteiger partial charge is 0.338 e. The van der Waals surface area contributed by atoms with E-state index in [1.54, 1.807) is 0 Å². The summed E-state index contributed by atoms with van der Waals surface area (Å²) in [5.41, 5.74) is 0. The minimum absolute atomic E-state index is 0.471. The third-order valence-corrected chi connectivity index (χ3v) is 1.83. The first-order chi connectivity index (χ1) is 5.75. The molecular formula is C7H12F2N2O. The normalized spacial score (nSPS) is 20.7. The zero-order valence-corrected chi connectivity index (χ0v) is 6.72. The lowest BCUT2D eigenvalue weighted by atomic mass is 10.3. The van der Waals surface area contributed by atoms with Crippen LogP contribution in [0.5, 0.6) is 0 Å². The fourth-order valence-corrected chi connectivity index (χ4v) is 1.15. The molecule has 1 rings (SSSR count). The van der Waals surface area contributed by atoms with E-state index in [4.69, 9.17) is 0 Å². The molecule has 3 nitrogen and oxygen atoms in total. The third kappa shape index (κ3) is 2.14. The molecule has 0 radical (unpaired) electrons. The van der Waals surface area contributed by atoms with Gasteiger partial charge in [0.25, 0.3) is 5.91 Å². The Hall–Kier alpha value is -0.710. The monoisotopic (exact) mass is 178 g/mol. The van der Waals surface area contributed by atoms with Crippen LogP contribution in [0.1, 0.15) is 0 Å². The summed E-state index contributed by atoms with van der Waals surface area (Å²) in [4.78, 5) is 12.4. The highest BCUT2D eigenvalue weighted by atomic mass is 19.2. The van der Waals surface area contributed by atoms with Gasteiger partial charge in [-0.1, -0.05) is 0 Å². The van der Waals surface area contributed by atoms with E-state index in [1.807, 2.05) is 0 Å². The fourth-order valence-electron chi connectivity index (χ4n) is 1.15. The van der Waals surface area contributed by atoms with E-state index in [0.29, 0.717) is 26.2 Å². The molecule has 1 N–H and O–H groups in total. The minimum Gasteiger partial charge on any atom is -0.338 e. The molecule has 1 saturated heterocycles. The van der Waals surface area contributed by atoms with Crippen LogP contribution in [0.25, 0.3) is 0 Å². The summed E-state index contributed by atoms with van der Waals surface area (Å²) in [6.07, 6.45) is -1.97. The predicted octanol–water partition coefficient (Wildman–Crippen LogP) is -0.274. The van der Waals surface area contributed by atoms with Crippen LogP contribution in [-0.2, 0) is 4.79 Å². The smallest absolute Gasteiger partial charge is 0.259 e. The summed E-state index contributed by atoms with van der Waals surface area (Å²) in [6, 6.07) is 0.